The number of hydrogen-bond acceptors (Lipinski definition) is 3. The molecule has 1 heterocycles. The predicted octanol–water partition coefficient (Wildman–Crippen LogP) is 3.56. The van der Waals surface area contributed by atoms with Gasteiger partial charge < -0.3 is 4.74 Å². The molecule has 4 nitrogen and oxygen atoms in total. The predicted molar refractivity (Wildman–Crippen MR) is 83.3 cm³/mol. The molecule has 1 aliphatic rings. The van der Waals surface area contributed by atoms with E-state index in [0.29, 0.717) is 19.1 Å². The van der Waals surface area contributed by atoms with Gasteiger partial charge in [0, 0.05) is 12.8 Å². The average molecular weight is 292 g/mol. The minimum atomic E-state index is -0.310. The van der Waals surface area contributed by atoms with Gasteiger partial charge in [-0.25, -0.2) is 0 Å². The zero-order valence-corrected chi connectivity index (χ0v) is 13.5. The normalized spacial score (nSPS) is 18.1. The molecule has 1 unspecified atom stereocenters. The Hall–Kier alpha value is -1.16. The first-order chi connectivity index (χ1) is 10.1. The third kappa shape index (κ3) is 4.40. The van der Waals surface area contributed by atoms with Crippen molar-refractivity contribution in [3.05, 3.63) is 18.0 Å². The standard InChI is InChI=1S/C17H28N2O2/c1-4-21-17(13(2)3)16(20)12-14-10-11-19(18-14)15-8-6-5-7-9-15/h10-11,13,15,17H,4-9,12H2,1-3H3. The molecule has 118 valence electrons. The summed E-state index contributed by atoms with van der Waals surface area (Å²) in [6.07, 6.45) is 8.44. The molecule has 0 amide bonds. The Labute approximate surface area is 127 Å². The first-order valence-corrected chi connectivity index (χ1v) is 8.30. The largest absolute Gasteiger partial charge is 0.370 e. The van der Waals surface area contributed by atoms with Crippen molar-refractivity contribution < 1.29 is 9.53 Å². The molecule has 0 saturated heterocycles. The van der Waals surface area contributed by atoms with E-state index in [1.807, 2.05) is 33.0 Å². The smallest absolute Gasteiger partial charge is 0.167 e. The van der Waals surface area contributed by atoms with Crippen LogP contribution >= 0.6 is 0 Å². The highest BCUT2D eigenvalue weighted by atomic mass is 16.5. The first kappa shape index (κ1) is 16.2. The number of rotatable bonds is 7. The van der Waals surface area contributed by atoms with E-state index in [1.165, 1.54) is 32.1 Å². The molecule has 0 aromatic carbocycles. The minimum absolute atomic E-state index is 0.140. The van der Waals surface area contributed by atoms with Gasteiger partial charge in [0.05, 0.1) is 18.2 Å². The summed E-state index contributed by atoms with van der Waals surface area (Å²) in [6, 6.07) is 2.51. The Morgan fingerprint density at radius 2 is 2.10 bits per heavy atom. The van der Waals surface area contributed by atoms with E-state index in [2.05, 4.69) is 9.78 Å². The molecule has 1 aliphatic carbocycles. The summed E-state index contributed by atoms with van der Waals surface area (Å²) in [6.45, 7) is 6.56. The Bertz CT molecular complexity index is 447. The number of ketones is 1. The zero-order chi connectivity index (χ0) is 15.2. The molecular weight excluding hydrogens is 264 g/mol. The van der Waals surface area contributed by atoms with E-state index in [4.69, 9.17) is 4.74 Å². The van der Waals surface area contributed by atoms with Crippen molar-refractivity contribution in [2.45, 2.75) is 71.4 Å². The quantitative estimate of drug-likeness (QED) is 0.772. The fourth-order valence-corrected chi connectivity index (χ4v) is 3.14. The second kappa shape index (κ2) is 7.74. The van der Waals surface area contributed by atoms with Crippen molar-refractivity contribution in [3.8, 4) is 0 Å². The van der Waals surface area contributed by atoms with Gasteiger partial charge in [-0.05, 0) is 31.7 Å². The fourth-order valence-electron chi connectivity index (χ4n) is 3.14. The molecule has 21 heavy (non-hydrogen) atoms. The van der Waals surface area contributed by atoms with Crippen LogP contribution in [0.2, 0.25) is 0 Å². The van der Waals surface area contributed by atoms with Crippen molar-refractivity contribution in [1.29, 1.82) is 0 Å². The minimum Gasteiger partial charge on any atom is -0.370 e. The second-order valence-electron chi connectivity index (χ2n) is 6.34. The summed E-state index contributed by atoms with van der Waals surface area (Å²) >= 11 is 0. The van der Waals surface area contributed by atoms with Gasteiger partial charge in [0.25, 0.3) is 0 Å². The summed E-state index contributed by atoms with van der Waals surface area (Å²) in [5, 5.41) is 4.62. The third-order valence-electron chi connectivity index (χ3n) is 4.24. The lowest BCUT2D eigenvalue weighted by Crippen LogP contribution is -2.31. The molecule has 0 radical (unpaired) electrons. The lowest BCUT2D eigenvalue weighted by molar-refractivity contribution is -0.132. The maximum Gasteiger partial charge on any atom is 0.167 e. The molecule has 2 rings (SSSR count). The van der Waals surface area contributed by atoms with Gasteiger partial charge in [0.1, 0.15) is 6.10 Å². The lowest BCUT2D eigenvalue weighted by Gasteiger charge is -2.22. The maximum absolute atomic E-state index is 12.4. The van der Waals surface area contributed by atoms with Crippen LogP contribution in [0.3, 0.4) is 0 Å². The van der Waals surface area contributed by atoms with Crippen LogP contribution in [-0.4, -0.2) is 28.3 Å². The van der Waals surface area contributed by atoms with Crippen LogP contribution in [0.15, 0.2) is 12.3 Å². The van der Waals surface area contributed by atoms with Gasteiger partial charge in [-0.15, -0.1) is 0 Å². The molecule has 1 fully saturated rings. The number of nitrogens with zero attached hydrogens (tertiary/aromatic N) is 2. The van der Waals surface area contributed by atoms with Crippen LogP contribution in [0.4, 0.5) is 0 Å². The van der Waals surface area contributed by atoms with Crippen LogP contribution < -0.4 is 0 Å². The molecule has 1 saturated carbocycles. The summed E-state index contributed by atoms with van der Waals surface area (Å²) < 4.78 is 7.64. The second-order valence-corrected chi connectivity index (χ2v) is 6.34. The van der Waals surface area contributed by atoms with Crippen LogP contribution in [0.5, 0.6) is 0 Å². The maximum atomic E-state index is 12.4. The van der Waals surface area contributed by atoms with Gasteiger partial charge >= 0.3 is 0 Å². The van der Waals surface area contributed by atoms with Crippen LogP contribution in [-0.2, 0) is 16.0 Å². The summed E-state index contributed by atoms with van der Waals surface area (Å²) in [4.78, 5) is 12.4. The SMILES string of the molecule is CCOC(C(=O)Cc1ccn(C2CCCCC2)n1)C(C)C. The highest BCUT2D eigenvalue weighted by Gasteiger charge is 2.23. The van der Waals surface area contributed by atoms with E-state index < -0.39 is 0 Å². The average Bonchev–Trinajstić information content (AvgIpc) is 2.93. The number of hydrogen-bond donors (Lipinski definition) is 0. The molecule has 1 atom stereocenters. The zero-order valence-electron chi connectivity index (χ0n) is 13.5. The molecule has 0 spiro atoms. The Morgan fingerprint density at radius 1 is 1.38 bits per heavy atom. The van der Waals surface area contributed by atoms with E-state index in [-0.39, 0.29) is 17.8 Å². The van der Waals surface area contributed by atoms with Crippen molar-refractivity contribution in [3.63, 3.8) is 0 Å². The van der Waals surface area contributed by atoms with Crippen LogP contribution in [0.1, 0.15) is 64.6 Å². The van der Waals surface area contributed by atoms with Crippen molar-refractivity contribution in [2.24, 2.45) is 5.92 Å². The highest BCUT2D eigenvalue weighted by Crippen LogP contribution is 2.27. The van der Waals surface area contributed by atoms with Crippen molar-refractivity contribution in [1.82, 2.24) is 9.78 Å². The van der Waals surface area contributed by atoms with E-state index in [1.54, 1.807) is 0 Å². The molecule has 0 N–H and O–H groups in total. The van der Waals surface area contributed by atoms with Crippen molar-refractivity contribution >= 4 is 5.78 Å². The van der Waals surface area contributed by atoms with Gasteiger partial charge in [-0.1, -0.05) is 33.1 Å². The van der Waals surface area contributed by atoms with E-state index >= 15 is 0 Å². The highest BCUT2D eigenvalue weighted by molar-refractivity contribution is 5.85. The number of aromatic nitrogens is 2. The fraction of sp³-hybridized carbons (Fsp3) is 0.765. The van der Waals surface area contributed by atoms with Gasteiger partial charge in [0.15, 0.2) is 5.78 Å². The topological polar surface area (TPSA) is 44.1 Å². The summed E-state index contributed by atoms with van der Waals surface area (Å²) in [7, 11) is 0. The summed E-state index contributed by atoms with van der Waals surface area (Å²) in [5.41, 5.74) is 0.871. The molecule has 1 aromatic rings. The first-order valence-electron chi connectivity index (χ1n) is 8.30. The van der Waals surface area contributed by atoms with Gasteiger partial charge in [-0.3, -0.25) is 9.48 Å². The Kier molecular flexibility index (Phi) is 5.97. The molecule has 0 aliphatic heterocycles. The number of Topliss-reactive ketones (excluding diaryl/α,β-unsaturated/α-hetero) is 1. The van der Waals surface area contributed by atoms with Crippen molar-refractivity contribution in [2.75, 3.05) is 6.61 Å². The Balaban J connectivity index is 1.96. The van der Waals surface area contributed by atoms with Crippen LogP contribution in [0, 0.1) is 5.92 Å². The number of ether oxygens (including phenoxy) is 1. The number of carbonyl (C=O) groups is 1. The molecule has 0 bridgehead atoms. The number of carbonyl (C=O) groups excluding carboxylic acids is 1. The van der Waals surface area contributed by atoms with Gasteiger partial charge in [-0.2, -0.15) is 5.10 Å². The molecule has 1 aromatic heterocycles. The Morgan fingerprint density at radius 3 is 2.71 bits per heavy atom. The summed E-state index contributed by atoms with van der Waals surface area (Å²) in [5.74, 6) is 0.346. The third-order valence-corrected chi connectivity index (χ3v) is 4.24. The lowest BCUT2D eigenvalue weighted by atomic mass is 9.96. The monoisotopic (exact) mass is 292 g/mol. The van der Waals surface area contributed by atoms with E-state index in [9.17, 15) is 4.79 Å². The molecule has 4 heteroatoms. The van der Waals surface area contributed by atoms with Crippen LogP contribution in [0.25, 0.3) is 0 Å². The van der Waals surface area contributed by atoms with Gasteiger partial charge in [0.2, 0.25) is 0 Å². The molecular formula is C17H28N2O2. The van der Waals surface area contributed by atoms with E-state index in [0.717, 1.165) is 5.69 Å².